The van der Waals surface area contributed by atoms with E-state index in [9.17, 15) is 13.2 Å². The van der Waals surface area contributed by atoms with Gasteiger partial charge in [0.05, 0.1) is 12.3 Å². The van der Waals surface area contributed by atoms with Gasteiger partial charge in [-0.25, -0.2) is 8.42 Å². The lowest BCUT2D eigenvalue weighted by atomic mass is 10.0. The van der Waals surface area contributed by atoms with Crippen molar-refractivity contribution in [1.82, 2.24) is 9.21 Å². The number of carbonyl (C=O) groups is 1. The predicted octanol–water partition coefficient (Wildman–Crippen LogP) is -0.926. The van der Waals surface area contributed by atoms with Gasteiger partial charge in [-0.1, -0.05) is 13.8 Å². The number of rotatable bonds is 3. The molecule has 0 spiro atoms. The molecule has 17 heavy (non-hydrogen) atoms. The molecule has 1 saturated heterocycles. The quantitative estimate of drug-likeness (QED) is 0.713. The molecule has 1 atom stereocenters. The molecule has 0 unspecified atom stereocenters. The molecule has 6 nitrogen and oxygen atoms in total. The SMILES string of the molecule is CC(C)[C@H](N)C(=O)N1CCN(S(C)(=O)=O)CC1. The number of sulfonamides is 1. The van der Waals surface area contributed by atoms with E-state index in [2.05, 4.69) is 0 Å². The summed E-state index contributed by atoms with van der Waals surface area (Å²) in [6.45, 7) is 5.36. The zero-order valence-electron chi connectivity index (χ0n) is 10.6. The van der Waals surface area contributed by atoms with E-state index < -0.39 is 16.1 Å². The first kappa shape index (κ1) is 14.4. The smallest absolute Gasteiger partial charge is 0.239 e. The third-order valence-electron chi connectivity index (χ3n) is 3.02. The van der Waals surface area contributed by atoms with Crippen LogP contribution in [0.5, 0.6) is 0 Å². The van der Waals surface area contributed by atoms with Crippen LogP contribution in [0, 0.1) is 5.92 Å². The minimum Gasteiger partial charge on any atom is -0.339 e. The van der Waals surface area contributed by atoms with Crippen molar-refractivity contribution in [1.29, 1.82) is 0 Å². The van der Waals surface area contributed by atoms with E-state index in [1.54, 1.807) is 4.90 Å². The molecule has 0 aromatic rings. The third-order valence-corrected chi connectivity index (χ3v) is 4.33. The predicted molar refractivity (Wildman–Crippen MR) is 65.8 cm³/mol. The van der Waals surface area contributed by atoms with Crippen molar-refractivity contribution >= 4 is 15.9 Å². The van der Waals surface area contributed by atoms with Crippen LogP contribution in [-0.4, -0.2) is 62.0 Å². The highest BCUT2D eigenvalue weighted by molar-refractivity contribution is 7.88. The van der Waals surface area contributed by atoms with E-state index in [1.807, 2.05) is 13.8 Å². The van der Waals surface area contributed by atoms with Crippen LogP contribution >= 0.6 is 0 Å². The Morgan fingerprint density at radius 1 is 1.18 bits per heavy atom. The fourth-order valence-corrected chi connectivity index (χ4v) is 2.56. The van der Waals surface area contributed by atoms with E-state index in [4.69, 9.17) is 5.73 Å². The van der Waals surface area contributed by atoms with Crippen LogP contribution in [0.2, 0.25) is 0 Å². The second-order valence-electron chi connectivity index (χ2n) is 4.76. The van der Waals surface area contributed by atoms with Crippen LogP contribution in [-0.2, 0) is 14.8 Å². The highest BCUT2D eigenvalue weighted by atomic mass is 32.2. The first-order chi connectivity index (χ1) is 7.73. The Hall–Kier alpha value is -0.660. The lowest BCUT2D eigenvalue weighted by Crippen LogP contribution is -2.55. The molecule has 2 N–H and O–H groups in total. The van der Waals surface area contributed by atoms with Gasteiger partial charge >= 0.3 is 0 Å². The normalized spacial score (nSPS) is 20.6. The van der Waals surface area contributed by atoms with Crippen LogP contribution in [0.4, 0.5) is 0 Å². The molecule has 7 heteroatoms. The average Bonchev–Trinajstić information content (AvgIpc) is 2.26. The van der Waals surface area contributed by atoms with Gasteiger partial charge in [-0.3, -0.25) is 4.79 Å². The fourth-order valence-electron chi connectivity index (χ4n) is 1.74. The van der Waals surface area contributed by atoms with Gasteiger partial charge in [0.2, 0.25) is 15.9 Å². The fraction of sp³-hybridized carbons (Fsp3) is 0.900. The van der Waals surface area contributed by atoms with E-state index in [0.29, 0.717) is 26.2 Å². The summed E-state index contributed by atoms with van der Waals surface area (Å²) in [6.07, 6.45) is 1.18. The summed E-state index contributed by atoms with van der Waals surface area (Å²) in [5.74, 6) is 0.00332. The summed E-state index contributed by atoms with van der Waals surface area (Å²) < 4.78 is 24.0. The first-order valence-corrected chi connectivity index (χ1v) is 7.58. The number of nitrogens with zero attached hydrogens (tertiary/aromatic N) is 2. The van der Waals surface area contributed by atoms with E-state index >= 15 is 0 Å². The molecule has 1 heterocycles. The molecule has 0 aliphatic carbocycles. The number of hydrogen-bond donors (Lipinski definition) is 1. The van der Waals surface area contributed by atoms with Crippen LogP contribution in [0.3, 0.4) is 0 Å². The van der Waals surface area contributed by atoms with Gasteiger partial charge in [0.15, 0.2) is 0 Å². The summed E-state index contributed by atoms with van der Waals surface area (Å²) in [6, 6.07) is -0.500. The van der Waals surface area contributed by atoms with Gasteiger partial charge in [0.1, 0.15) is 0 Å². The van der Waals surface area contributed by atoms with Crippen LogP contribution in [0.25, 0.3) is 0 Å². The molecular weight excluding hydrogens is 242 g/mol. The van der Waals surface area contributed by atoms with Gasteiger partial charge in [-0.05, 0) is 5.92 Å². The third kappa shape index (κ3) is 3.65. The van der Waals surface area contributed by atoms with E-state index in [0.717, 1.165) is 0 Å². The Morgan fingerprint density at radius 3 is 2.00 bits per heavy atom. The lowest BCUT2D eigenvalue weighted by Gasteiger charge is -2.35. The number of piperazine rings is 1. The van der Waals surface area contributed by atoms with Crippen LogP contribution in [0.15, 0.2) is 0 Å². The maximum absolute atomic E-state index is 11.9. The summed E-state index contributed by atoms with van der Waals surface area (Å²) >= 11 is 0. The summed E-state index contributed by atoms with van der Waals surface area (Å²) in [5, 5.41) is 0. The van der Waals surface area contributed by atoms with Crippen LogP contribution in [0.1, 0.15) is 13.8 Å². The maximum atomic E-state index is 11.9. The van der Waals surface area contributed by atoms with Crippen molar-refractivity contribution in [3.63, 3.8) is 0 Å². The molecule has 100 valence electrons. The standard InChI is InChI=1S/C10H21N3O3S/c1-8(2)9(11)10(14)12-4-6-13(7-5-12)17(3,15)16/h8-9H,4-7,11H2,1-3H3/t9-/m0/s1. The second-order valence-corrected chi connectivity index (χ2v) is 6.74. The molecule has 1 aliphatic rings. The van der Waals surface area contributed by atoms with Crippen molar-refractivity contribution in [2.75, 3.05) is 32.4 Å². The molecule has 1 rings (SSSR count). The number of hydrogen-bond acceptors (Lipinski definition) is 4. The highest BCUT2D eigenvalue weighted by Crippen LogP contribution is 2.09. The van der Waals surface area contributed by atoms with Gasteiger partial charge in [0, 0.05) is 26.2 Å². The average molecular weight is 263 g/mol. The molecule has 0 saturated carbocycles. The summed E-state index contributed by atoms with van der Waals surface area (Å²) in [5.41, 5.74) is 5.79. The van der Waals surface area contributed by atoms with Gasteiger partial charge in [0.25, 0.3) is 0 Å². The molecule has 1 fully saturated rings. The molecule has 0 aromatic carbocycles. The zero-order valence-corrected chi connectivity index (χ0v) is 11.4. The van der Waals surface area contributed by atoms with E-state index in [-0.39, 0.29) is 11.8 Å². The monoisotopic (exact) mass is 263 g/mol. The number of carbonyl (C=O) groups excluding carboxylic acids is 1. The summed E-state index contributed by atoms with van der Waals surface area (Å²) in [7, 11) is -3.15. The van der Waals surface area contributed by atoms with Crippen molar-refractivity contribution < 1.29 is 13.2 Å². The van der Waals surface area contributed by atoms with Crippen molar-refractivity contribution in [3.05, 3.63) is 0 Å². The zero-order chi connectivity index (χ0) is 13.2. The minimum absolute atomic E-state index is 0.0897. The van der Waals surface area contributed by atoms with Crippen LogP contribution < -0.4 is 5.73 Å². The Morgan fingerprint density at radius 2 is 1.65 bits per heavy atom. The highest BCUT2D eigenvalue weighted by Gasteiger charge is 2.29. The Labute approximate surface area is 103 Å². The molecular formula is C10H21N3O3S. The molecule has 1 aliphatic heterocycles. The van der Waals surface area contributed by atoms with Gasteiger partial charge in [-0.2, -0.15) is 4.31 Å². The Bertz CT molecular complexity index is 372. The largest absolute Gasteiger partial charge is 0.339 e. The molecule has 0 bridgehead atoms. The number of nitrogens with two attached hydrogens (primary N) is 1. The Kier molecular flexibility index (Phi) is 4.51. The molecule has 1 amide bonds. The Balaban J connectivity index is 2.56. The first-order valence-electron chi connectivity index (χ1n) is 5.73. The molecule has 0 aromatic heterocycles. The van der Waals surface area contributed by atoms with Crippen molar-refractivity contribution in [3.8, 4) is 0 Å². The van der Waals surface area contributed by atoms with Crippen molar-refractivity contribution in [2.24, 2.45) is 11.7 Å². The number of amides is 1. The lowest BCUT2D eigenvalue weighted by molar-refractivity contribution is -0.134. The summed E-state index contributed by atoms with van der Waals surface area (Å²) in [4.78, 5) is 13.6. The molecule has 0 radical (unpaired) electrons. The van der Waals surface area contributed by atoms with Gasteiger partial charge in [-0.15, -0.1) is 0 Å². The minimum atomic E-state index is -3.15. The van der Waals surface area contributed by atoms with Gasteiger partial charge < -0.3 is 10.6 Å². The maximum Gasteiger partial charge on any atom is 0.239 e. The topological polar surface area (TPSA) is 83.7 Å². The van der Waals surface area contributed by atoms with Crippen molar-refractivity contribution in [2.45, 2.75) is 19.9 Å². The second kappa shape index (κ2) is 5.32. The van der Waals surface area contributed by atoms with E-state index in [1.165, 1.54) is 10.6 Å².